The largest absolute Gasteiger partial charge is 0.352 e. The predicted octanol–water partition coefficient (Wildman–Crippen LogP) is 0.836. The lowest BCUT2D eigenvalue weighted by atomic mass is 10.2. The van der Waals surface area contributed by atoms with Crippen molar-refractivity contribution in [3.63, 3.8) is 0 Å². The molecule has 0 spiro atoms. The van der Waals surface area contributed by atoms with E-state index in [4.69, 9.17) is 5.84 Å². The van der Waals surface area contributed by atoms with E-state index in [9.17, 15) is 4.79 Å². The third-order valence-corrected chi connectivity index (χ3v) is 3.26. The van der Waals surface area contributed by atoms with Crippen LogP contribution < -0.4 is 16.6 Å². The van der Waals surface area contributed by atoms with Gasteiger partial charge in [0.25, 0.3) is 5.91 Å². The van der Waals surface area contributed by atoms with E-state index in [2.05, 4.69) is 36.8 Å². The molecule has 0 radical (unpaired) electrons. The Balaban J connectivity index is 1.98. The summed E-state index contributed by atoms with van der Waals surface area (Å²) in [5.74, 6) is 5.46. The van der Waals surface area contributed by atoms with E-state index in [0.717, 1.165) is 5.69 Å². The van der Waals surface area contributed by atoms with E-state index in [0.29, 0.717) is 28.8 Å². The molecule has 0 fully saturated rings. The van der Waals surface area contributed by atoms with Crippen LogP contribution in [-0.2, 0) is 13.5 Å². The summed E-state index contributed by atoms with van der Waals surface area (Å²) in [5.41, 5.74) is 3.86. The lowest BCUT2D eigenvalue weighted by molar-refractivity contribution is 0.0954. The third-order valence-electron chi connectivity index (χ3n) is 2.82. The zero-order chi connectivity index (χ0) is 14.5. The van der Waals surface area contributed by atoms with Gasteiger partial charge in [-0.3, -0.25) is 9.48 Å². The zero-order valence-corrected chi connectivity index (χ0v) is 12.5. The Bertz CT molecular complexity index is 612. The van der Waals surface area contributed by atoms with E-state index in [1.54, 1.807) is 23.1 Å². The van der Waals surface area contributed by atoms with Gasteiger partial charge in [-0.05, 0) is 28.1 Å². The number of hydrogen-bond donors (Lipinski definition) is 3. The fourth-order valence-electron chi connectivity index (χ4n) is 1.77. The summed E-state index contributed by atoms with van der Waals surface area (Å²) in [6.07, 6.45) is 4.00. The van der Waals surface area contributed by atoms with Gasteiger partial charge in [0.15, 0.2) is 5.82 Å². The number of nitrogens with one attached hydrogen (secondary N) is 2. The summed E-state index contributed by atoms with van der Waals surface area (Å²) in [4.78, 5) is 16.1. The van der Waals surface area contributed by atoms with Crippen molar-refractivity contribution in [1.82, 2.24) is 20.1 Å². The van der Waals surface area contributed by atoms with Crippen LogP contribution in [0.2, 0.25) is 0 Å². The molecule has 0 saturated carbocycles. The van der Waals surface area contributed by atoms with Crippen LogP contribution in [0.5, 0.6) is 0 Å². The molecule has 1 amide bonds. The van der Waals surface area contributed by atoms with Gasteiger partial charge in [-0.15, -0.1) is 0 Å². The predicted molar refractivity (Wildman–Crippen MR) is 79.0 cm³/mol. The van der Waals surface area contributed by atoms with Crippen molar-refractivity contribution in [2.45, 2.75) is 6.42 Å². The Kier molecular flexibility index (Phi) is 4.70. The molecule has 0 bridgehead atoms. The van der Waals surface area contributed by atoms with E-state index in [1.807, 2.05) is 13.1 Å². The van der Waals surface area contributed by atoms with Gasteiger partial charge in [0, 0.05) is 42.6 Å². The topological polar surface area (TPSA) is 97.9 Å². The fraction of sp³-hybridized carbons (Fsp3) is 0.250. The molecular formula is C12H15BrN6O. The molecule has 2 aromatic heterocycles. The van der Waals surface area contributed by atoms with Crippen molar-refractivity contribution in [1.29, 1.82) is 0 Å². The zero-order valence-electron chi connectivity index (χ0n) is 10.9. The maximum atomic E-state index is 12.1. The first-order valence-electron chi connectivity index (χ1n) is 5.99. The van der Waals surface area contributed by atoms with Crippen LogP contribution in [0.15, 0.2) is 29.0 Å². The third kappa shape index (κ3) is 3.34. The molecule has 2 aromatic rings. The van der Waals surface area contributed by atoms with Crippen molar-refractivity contribution in [3.05, 3.63) is 40.3 Å². The number of pyridine rings is 1. The first-order valence-corrected chi connectivity index (χ1v) is 6.78. The van der Waals surface area contributed by atoms with Gasteiger partial charge < -0.3 is 10.7 Å². The van der Waals surface area contributed by atoms with Gasteiger partial charge in [-0.25, -0.2) is 10.8 Å². The molecular weight excluding hydrogens is 324 g/mol. The molecule has 2 heterocycles. The monoisotopic (exact) mass is 338 g/mol. The number of aryl methyl sites for hydroxylation is 1. The second-order valence-electron chi connectivity index (χ2n) is 4.15. The highest BCUT2D eigenvalue weighted by molar-refractivity contribution is 9.10. The lowest BCUT2D eigenvalue weighted by Gasteiger charge is -2.09. The van der Waals surface area contributed by atoms with Crippen LogP contribution in [-0.4, -0.2) is 27.2 Å². The normalized spacial score (nSPS) is 10.3. The molecule has 0 aliphatic heterocycles. The van der Waals surface area contributed by atoms with E-state index < -0.39 is 0 Å². The maximum Gasteiger partial charge on any atom is 0.255 e. The Morgan fingerprint density at radius 2 is 2.35 bits per heavy atom. The molecule has 4 N–H and O–H groups in total. The molecule has 7 nitrogen and oxygen atoms in total. The number of anilines is 1. The Labute approximate surface area is 124 Å². The number of halogens is 1. The molecule has 2 rings (SSSR count). The van der Waals surface area contributed by atoms with E-state index >= 15 is 0 Å². The number of aromatic nitrogens is 3. The van der Waals surface area contributed by atoms with E-state index in [-0.39, 0.29) is 5.91 Å². The summed E-state index contributed by atoms with van der Waals surface area (Å²) in [6.45, 7) is 0.509. The summed E-state index contributed by atoms with van der Waals surface area (Å²) >= 11 is 3.28. The summed E-state index contributed by atoms with van der Waals surface area (Å²) in [5, 5.41) is 6.90. The summed E-state index contributed by atoms with van der Waals surface area (Å²) in [6, 6.07) is 3.58. The Hall–Kier alpha value is -1.93. The average molecular weight is 339 g/mol. The first kappa shape index (κ1) is 14.5. The van der Waals surface area contributed by atoms with Crippen molar-refractivity contribution < 1.29 is 4.79 Å². The highest BCUT2D eigenvalue weighted by Crippen LogP contribution is 2.17. The summed E-state index contributed by atoms with van der Waals surface area (Å²) < 4.78 is 2.49. The highest BCUT2D eigenvalue weighted by Gasteiger charge is 2.12. The highest BCUT2D eigenvalue weighted by atomic mass is 79.9. The first-order chi connectivity index (χ1) is 9.61. The van der Waals surface area contributed by atoms with Crippen LogP contribution in [0.1, 0.15) is 16.1 Å². The number of nitrogens with two attached hydrogens (primary N) is 1. The second kappa shape index (κ2) is 6.49. The van der Waals surface area contributed by atoms with Crippen LogP contribution in [0.25, 0.3) is 0 Å². The number of rotatable bonds is 5. The van der Waals surface area contributed by atoms with Gasteiger partial charge in [0.05, 0.1) is 5.56 Å². The van der Waals surface area contributed by atoms with Crippen molar-refractivity contribution in [2.75, 3.05) is 12.0 Å². The van der Waals surface area contributed by atoms with E-state index in [1.165, 1.54) is 0 Å². The SMILES string of the molecule is Cn1nccc1CCNC(=O)c1cc(Br)cnc1NN. The van der Waals surface area contributed by atoms with Gasteiger partial charge in [0.2, 0.25) is 0 Å². The molecule has 0 aliphatic carbocycles. The molecule has 0 aliphatic rings. The number of hydrogen-bond acceptors (Lipinski definition) is 5. The molecule has 8 heteroatoms. The van der Waals surface area contributed by atoms with Gasteiger partial charge in [-0.2, -0.15) is 5.10 Å². The number of nitrogen functional groups attached to an aromatic ring is 1. The minimum Gasteiger partial charge on any atom is -0.352 e. The average Bonchev–Trinajstić information content (AvgIpc) is 2.84. The van der Waals surface area contributed by atoms with Crippen LogP contribution in [0.3, 0.4) is 0 Å². The molecule has 0 saturated heterocycles. The molecule has 20 heavy (non-hydrogen) atoms. The molecule has 0 atom stereocenters. The standard InChI is InChI=1S/C12H15BrN6O/c1-19-9(3-5-17-19)2-4-15-12(20)10-6-8(13)7-16-11(10)18-14/h3,5-7H,2,4,14H2,1H3,(H,15,20)(H,16,18). The van der Waals surface area contributed by atoms with Crippen LogP contribution in [0, 0.1) is 0 Å². The number of carbonyl (C=O) groups excluding carboxylic acids is 1. The number of carbonyl (C=O) groups is 1. The molecule has 0 unspecified atom stereocenters. The summed E-state index contributed by atoms with van der Waals surface area (Å²) in [7, 11) is 1.87. The van der Waals surface area contributed by atoms with Crippen molar-refractivity contribution >= 4 is 27.7 Å². The van der Waals surface area contributed by atoms with Crippen LogP contribution >= 0.6 is 15.9 Å². The number of nitrogens with zero attached hydrogens (tertiary/aromatic N) is 3. The van der Waals surface area contributed by atoms with Crippen molar-refractivity contribution in [2.24, 2.45) is 12.9 Å². The minimum absolute atomic E-state index is 0.228. The quantitative estimate of drug-likeness (QED) is 0.554. The molecule has 106 valence electrons. The Morgan fingerprint density at radius 3 is 3.00 bits per heavy atom. The van der Waals surface area contributed by atoms with Gasteiger partial charge in [0.1, 0.15) is 0 Å². The van der Waals surface area contributed by atoms with Crippen molar-refractivity contribution in [3.8, 4) is 0 Å². The number of hydrazine groups is 1. The second-order valence-corrected chi connectivity index (χ2v) is 5.06. The smallest absolute Gasteiger partial charge is 0.255 e. The maximum absolute atomic E-state index is 12.1. The van der Waals surface area contributed by atoms with Gasteiger partial charge >= 0.3 is 0 Å². The Morgan fingerprint density at radius 1 is 1.55 bits per heavy atom. The fourth-order valence-corrected chi connectivity index (χ4v) is 2.10. The minimum atomic E-state index is -0.228. The lowest BCUT2D eigenvalue weighted by Crippen LogP contribution is -2.28. The van der Waals surface area contributed by atoms with Crippen LogP contribution in [0.4, 0.5) is 5.82 Å². The number of amides is 1. The van der Waals surface area contributed by atoms with Gasteiger partial charge in [-0.1, -0.05) is 0 Å². The molecule has 0 aromatic carbocycles.